The average molecular weight is 266 g/mol. The first kappa shape index (κ1) is 14.0. The van der Waals surface area contributed by atoms with Crippen molar-refractivity contribution < 1.29 is 9.47 Å². The lowest BCUT2D eigenvalue weighted by Crippen LogP contribution is -2.29. The molecular weight excluding hydrogens is 244 g/mol. The quantitative estimate of drug-likeness (QED) is 0.623. The van der Waals surface area contributed by atoms with Crippen molar-refractivity contribution in [3.63, 3.8) is 0 Å². The number of nitrogens with two attached hydrogens (primary N) is 1. The van der Waals surface area contributed by atoms with Crippen LogP contribution in [0.5, 0.6) is 5.88 Å². The Morgan fingerprint density at radius 1 is 1.37 bits per heavy atom. The Labute approximate surface area is 113 Å². The Morgan fingerprint density at radius 3 is 2.84 bits per heavy atom. The largest absolute Gasteiger partial charge is 0.474 e. The van der Waals surface area contributed by atoms with E-state index in [-0.39, 0.29) is 6.10 Å². The predicted octanol–water partition coefficient (Wildman–Crippen LogP) is 1.66. The molecule has 2 rings (SSSR count). The van der Waals surface area contributed by atoms with E-state index in [1.54, 1.807) is 13.2 Å². The van der Waals surface area contributed by atoms with E-state index in [4.69, 9.17) is 15.3 Å². The first-order valence-corrected chi connectivity index (χ1v) is 6.79. The minimum atomic E-state index is 0.156. The highest BCUT2D eigenvalue weighted by molar-refractivity contribution is 5.37. The second kappa shape index (κ2) is 6.68. The van der Waals surface area contributed by atoms with E-state index in [0.717, 1.165) is 37.9 Å². The van der Waals surface area contributed by atoms with Crippen molar-refractivity contribution in [3.8, 4) is 5.88 Å². The Bertz CT molecular complexity index is 391. The summed E-state index contributed by atoms with van der Waals surface area (Å²) < 4.78 is 11.3. The number of nitrogens with zero attached hydrogens (tertiary/aromatic N) is 2. The summed E-state index contributed by atoms with van der Waals surface area (Å²) in [6, 6.07) is 1.73. The molecule has 0 amide bonds. The lowest BCUT2D eigenvalue weighted by Gasteiger charge is -2.28. The van der Waals surface area contributed by atoms with Crippen molar-refractivity contribution in [2.75, 3.05) is 12.5 Å². The number of anilines is 1. The number of hydrogen-bond acceptors (Lipinski definition) is 6. The number of nitrogens with one attached hydrogen (secondary N) is 1. The Balaban J connectivity index is 2.05. The van der Waals surface area contributed by atoms with Gasteiger partial charge in [0.25, 0.3) is 0 Å². The first-order valence-electron chi connectivity index (χ1n) is 6.79. The molecule has 106 valence electrons. The van der Waals surface area contributed by atoms with E-state index in [1.807, 2.05) is 6.92 Å². The van der Waals surface area contributed by atoms with Crippen molar-refractivity contribution in [2.24, 2.45) is 5.84 Å². The molecule has 2 atom stereocenters. The van der Waals surface area contributed by atoms with Crippen molar-refractivity contribution in [2.45, 2.75) is 51.2 Å². The highest BCUT2D eigenvalue weighted by atomic mass is 16.5. The molecule has 1 aliphatic carbocycles. The van der Waals surface area contributed by atoms with Gasteiger partial charge in [-0.25, -0.2) is 10.8 Å². The fraction of sp³-hybridized carbons (Fsp3) is 0.692. The zero-order valence-corrected chi connectivity index (χ0v) is 11.6. The van der Waals surface area contributed by atoms with Crippen molar-refractivity contribution >= 4 is 5.82 Å². The van der Waals surface area contributed by atoms with E-state index in [2.05, 4.69) is 15.4 Å². The second-order valence-corrected chi connectivity index (χ2v) is 4.77. The summed E-state index contributed by atoms with van der Waals surface area (Å²) >= 11 is 0. The summed E-state index contributed by atoms with van der Waals surface area (Å²) in [6.45, 7) is 2.00. The molecule has 3 N–H and O–H groups in total. The van der Waals surface area contributed by atoms with Gasteiger partial charge in [0, 0.05) is 26.0 Å². The maximum absolute atomic E-state index is 5.95. The molecule has 1 fully saturated rings. The van der Waals surface area contributed by atoms with Gasteiger partial charge in [-0.3, -0.25) is 0 Å². The maximum atomic E-state index is 5.95. The molecule has 1 aromatic rings. The van der Waals surface area contributed by atoms with Gasteiger partial charge >= 0.3 is 0 Å². The van der Waals surface area contributed by atoms with Crippen LogP contribution in [0.2, 0.25) is 0 Å². The second-order valence-electron chi connectivity index (χ2n) is 4.77. The molecule has 6 heteroatoms. The Morgan fingerprint density at radius 2 is 2.16 bits per heavy atom. The van der Waals surface area contributed by atoms with Crippen molar-refractivity contribution in [1.29, 1.82) is 0 Å². The number of rotatable bonds is 5. The number of methoxy groups -OCH3 is 1. The van der Waals surface area contributed by atoms with Crippen LogP contribution in [0, 0.1) is 0 Å². The van der Waals surface area contributed by atoms with Gasteiger partial charge in [0.15, 0.2) is 0 Å². The number of aromatic nitrogens is 2. The van der Waals surface area contributed by atoms with Crippen molar-refractivity contribution in [1.82, 2.24) is 9.97 Å². The molecule has 19 heavy (non-hydrogen) atoms. The lowest BCUT2D eigenvalue weighted by molar-refractivity contribution is 0.0194. The normalized spacial score (nSPS) is 23.1. The van der Waals surface area contributed by atoms with E-state index < -0.39 is 0 Å². The van der Waals surface area contributed by atoms with Gasteiger partial charge < -0.3 is 14.9 Å². The highest BCUT2D eigenvalue weighted by Crippen LogP contribution is 2.25. The Hall–Kier alpha value is -1.40. The summed E-state index contributed by atoms with van der Waals surface area (Å²) in [6.07, 6.45) is 5.37. The molecule has 0 aliphatic heterocycles. The first-order chi connectivity index (χ1) is 9.25. The van der Waals surface area contributed by atoms with Gasteiger partial charge in [-0.05, 0) is 19.3 Å². The number of nitrogen functional groups attached to an aromatic ring is 1. The lowest BCUT2D eigenvalue weighted by atomic mass is 9.95. The van der Waals surface area contributed by atoms with Gasteiger partial charge in [0.05, 0.1) is 6.10 Å². The molecule has 1 aromatic heterocycles. The molecule has 1 saturated carbocycles. The molecule has 0 saturated heterocycles. The number of aryl methyl sites for hydroxylation is 1. The van der Waals surface area contributed by atoms with E-state index in [9.17, 15) is 0 Å². The molecular formula is C13H22N4O2. The predicted molar refractivity (Wildman–Crippen MR) is 72.9 cm³/mol. The number of hydrazine groups is 1. The van der Waals surface area contributed by atoms with Gasteiger partial charge in [0.1, 0.15) is 17.7 Å². The van der Waals surface area contributed by atoms with Crippen LogP contribution in [0.4, 0.5) is 5.82 Å². The molecule has 1 heterocycles. The van der Waals surface area contributed by atoms with Gasteiger partial charge in [-0.1, -0.05) is 6.92 Å². The van der Waals surface area contributed by atoms with Gasteiger partial charge in [0.2, 0.25) is 5.88 Å². The summed E-state index contributed by atoms with van der Waals surface area (Å²) in [5, 5.41) is 0. The summed E-state index contributed by atoms with van der Waals surface area (Å²) in [7, 11) is 1.75. The van der Waals surface area contributed by atoms with Crippen LogP contribution in [-0.2, 0) is 11.2 Å². The van der Waals surface area contributed by atoms with E-state index in [1.165, 1.54) is 0 Å². The monoisotopic (exact) mass is 266 g/mol. The van der Waals surface area contributed by atoms with Crippen molar-refractivity contribution in [3.05, 3.63) is 11.9 Å². The van der Waals surface area contributed by atoms with E-state index in [0.29, 0.717) is 17.8 Å². The smallest absolute Gasteiger partial charge is 0.219 e. The standard InChI is InChI=1S/C13H22N4O2/c1-3-11-15-12(17-14)8-13(16-11)19-10-6-4-5-9(7-10)18-2/h8-10H,3-7,14H2,1-2H3,(H,15,16,17). The molecule has 6 nitrogen and oxygen atoms in total. The van der Waals surface area contributed by atoms with Crippen LogP contribution in [0.25, 0.3) is 0 Å². The highest BCUT2D eigenvalue weighted by Gasteiger charge is 2.23. The zero-order chi connectivity index (χ0) is 13.7. The van der Waals surface area contributed by atoms with E-state index >= 15 is 0 Å². The molecule has 0 aromatic carbocycles. The number of hydrogen-bond donors (Lipinski definition) is 2. The fourth-order valence-electron chi connectivity index (χ4n) is 2.36. The topological polar surface area (TPSA) is 82.3 Å². The SMILES string of the molecule is CCc1nc(NN)cc(OC2CCCC(OC)C2)n1. The molecule has 2 unspecified atom stereocenters. The van der Waals surface area contributed by atoms with Crippen LogP contribution in [-0.4, -0.2) is 29.3 Å². The minimum Gasteiger partial charge on any atom is -0.474 e. The zero-order valence-electron chi connectivity index (χ0n) is 11.6. The molecule has 0 radical (unpaired) electrons. The molecule has 1 aliphatic rings. The maximum Gasteiger partial charge on any atom is 0.219 e. The third-order valence-corrected chi connectivity index (χ3v) is 3.41. The van der Waals surface area contributed by atoms with Gasteiger partial charge in [-0.15, -0.1) is 0 Å². The Kier molecular flexibility index (Phi) is 4.93. The molecule has 0 spiro atoms. The van der Waals surface area contributed by atoms with Crippen LogP contribution < -0.4 is 16.0 Å². The molecule has 0 bridgehead atoms. The fourth-order valence-corrected chi connectivity index (χ4v) is 2.36. The van der Waals surface area contributed by atoms with Gasteiger partial charge in [-0.2, -0.15) is 4.98 Å². The van der Waals surface area contributed by atoms with Crippen LogP contribution in [0.1, 0.15) is 38.4 Å². The summed E-state index contributed by atoms with van der Waals surface area (Å²) in [4.78, 5) is 8.62. The van der Waals surface area contributed by atoms with Crippen LogP contribution in [0.3, 0.4) is 0 Å². The summed E-state index contributed by atoms with van der Waals surface area (Å²) in [5.74, 6) is 7.30. The summed E-state index contributed by atoms with van der Waals surface area (Å²) in [5.41, 5.74) is 2.54. The minimum absolute atomic E-state index is 0.156. The van der Waals surface area contributed by atoms with Crippen LogP contribution >= 0.6 is 0 Å². The average Bonchev–Trinajstić information content (AvgIpc) is 2.47. The third kappa shape index (κ3) is 3.78. The number of ether oxygens (including phenoxy) is 2. The third-order valence-electron chi connectivity index (χ3n) is 3.41. The van der Waals surface area contributed by atoms with Crippen LogP contribution in [0.15, 0.2) is 6.07 Å².